The highest BCUT2D eigenvalue weighted by Gasteiger charge is 2.09. The minimum Gasteiger partial charge on any atom is -0.504 e. The van der Waals surface area contributed by atoms with Gasteiger partial charge in [0.15, 0.2) is 17.3 Å². The number of nitrogens with two attached hydrogens (primary N) is 1. The monoisotopic (exact) mass is 261 g/mol. The maximum absolute atomic E-state index is 9.56. The van der Waals surface area contributed by atoms with Crippen LogP contribution < -0.4 is 10.5 Å². The molecule has 100 valence electrons. The van der Waals surface area contributed by atoms with Crippen LogP contribution in [0.3, 0.4) is 0 Å². The van der Waals surface area contributed by atoms with Crippen molar-refractivity contribution in [2.24, 2.45) is 0 Å². The summed E-state index contributed by atoms with van der Waals surface area (Å²) in [6.45, 7) is 0.356. The summed E-state index contributed by atoms with van der Waals surface area (Å²) in [5.41, 5.74) is 7.14. The first-order chi connectivity index (χ1) is 9.13. The molecule has 0 spiro atoms. The van der Waals surface area contributed by atoms with Gasteiger partial charge in [0.1, 0.15) is 5.82 Å². The van der Waals surface area contributed by atoms with Crippen LogP contribution in [0, 0.1) is 0 Å². The molecule has 0 aliphatic carbocycles. The Bertz CT molecular complexity index is 587. The summed E-state index contributed by atoms with van der Waals surface area (Å²) in [5.74, 6) is 1.25. The lowest BCUT2D eigenvalue weighted by atomic mass is 10.2. The highest BCUT2D eigenvalue weighted by Crippen LogP contribution is 2.30. The second-order valence-electron chi connectivity index (χ2n) is 3.93. The van der Waals surface area contributed by atoms with Gasteiger partial charge >= 0.3 is 0 Å². The van der Waals surface area contributed by atoms with Gasteiger partial charge in [0.25, 0.3) is 0 Å². The zero-order valence-electron chi connectivity index (χ0n) is 10.8. The van der Waals surface area contributed by atoms with Crippen molar-refractivity contribution >= 4 is 5.82 Å². The Balaban J connectivity index is 2.46. The molecule has 0 fully saturated rings. The van der Waals surface area contributed by atoms with Crippen LogP contribution in [0.25, 0.3) is 11.4 Å². The maximum Gasteiger partial charge on any atom is 0.161 e. The van der Waals surface area contributed by atoms with E-state index in [0.717, 1.165) is 0 Å². The van der Waals surface area contributed by atoms with Crippen LogP contribution in [0.2, 0.25) is 0 Å². The number of nitrogen functional groups attached to an aromatic ring is 1. The number of hydrogen-bond acceptors (Lipinski definition) is 6. The summed E-state index contributed by atoms with van der Waals surface area (Å²) in [5, 5.41) is 9.56. The molecule has 19 heavy (non-hydrogen) atoms. The fourth-order valence-electron chi connectivity index (χ4n) is 1.69. The zero-order valence-corrected chi connectivity index (χ0v) is 10.8. The normalized spacial score (nSPS) is 10.4. The molecule has 0 bridgehead atoms. The van der Waals surface area contributed by atoms with Crippen molar-refractivity contribution < 1.29 is 14.6 Å². The maximum atomic E-state index is 9.56. The van der Waals surface area contributed by atoms with Crippen LogP contribution in [0.15, 0.2) is 24.3 Å². The van der Waals surface area contributed by atoms with E-state index in [9.17, 15) is 5.11 Å². The number of rotatable bonds is 4. The number of aromatic hydroxyl groups is 1. The molecule has 0 unspecified atom stereocenters. The van der Waals surface area contributed by atoms with Gasteiger partial charge in [-0.3, -0.25) is 0 Å². The highest BCUT2D eigenvalue weighted by molar-refractivity contribution is 5.62. The minimum atomic E-state index is 0.0623. The van der Waals surface area contributed by atoms with Crippen LogP contribution in [0.5, 0.6) is 11.5 Å². The molecule has 2 rings (SSSR count). The molecule has 3 N–H and O–H groups in total. The molecular weight excluding hydrogens is 246 g/mol. The van der Waals surface area contributed by atoms with Crippen LogP contribution in [0.4, 0.5) is 5.82 Å². The molecule has 0 saturated heterocycles. The topological polar surface area (TPSA) is 90.5 Å². The summed E-state index contributed by atoms with van der Waals surface area (Å²) in [6.07, 6.45) is 0. The van der Waals surface area contributed by atoms with E-state index in [1.54, 1.807) is 25.3 Å². The summed E-state index contributed by atoms with van der Waals surface area (Å²) in [7, 11) is 3.07. The van der Waals surface area contributed by atoms with Gasteiger partial charge in [-0.15, -0.1) is 0 Å². The smallest absolute Gasteiger partial charge is 0.161 e. The molecule has 0 saturated carbocycles. The van der Waals surface area contributed by atoms with Gasteiger partial charge < -0.3 is 20.3 Å². The summed E-state index contributed by atoms with van der Waals surface area (Å²) in [4.78, 5) is 8.51. The van der Waals surface area contributed by atoms with Crippen molar-refractivity contribution in [2.75, 3.05) is 20.0 Å². The number of phenolic OH excluding ortho intramolecular Hbond substituents is 1. The first kappa shape index (κ1) is 13.1. The number of anilines is 1. The summed E-state index contributed by atoms with van der Waals surface area (Å²) in [6, 6.07) is 6.53. The Morgan fingerprint density at radius 2 is 2.00 bits per heavy atom. The van der Waals surface area contributed by atoms with Crippen molar-refractivity contribution in [1.82, 2.24) is 9.97 Å². The second-order valence-corrected chi connectivity index (χ2v) is 3.93. The van der Waals surface area contributed by atoms with Crippen LogP contribution in [-0.4, -0.2) is 29.3 Å². The lowest BCUT2D eigenvalue weighted by Crippen LogP contribution is -2.01. The van der Waals surface area contributed by atoms with Crippen molar-refractivity contribution in [1.29, 1.82) is 0 Å². The molecule has 1 aromatic heterocycles. The minimum absolute atomic E-state index is 0.0623. The van der Waals surface area contributed by atoms with Crippen molar-refractivity contribution in [3.63, 3.8) is 0 Å². The van der Waals surface area contributed by atoms with Crippen LogP contribution in [0.1, 0.15) is 5.69 Å². The predicted molar refractivity (Wildman–Crippen MR) is 70.8 cm³/mol. The number of methoxy groups -OCH3 is 2. The number of benzene rings is 1. The summed E-state index contributed by atoms with van der Waals surface area (Å²) < 4.78 is 10.1. The average molecular weight is 261 g/mol. The molecule has 0 aliphatic rings. The Labute approximate surface area is 110 Å². The molecular formula is C13H15N3O3. The van der Waals surface area contributed by atoms with Crippen molar-refractivity contribution in [3.05, 3.63) is 30.0 Å². The van der Waals surface area contributed by atoms with E-state index >= 15 is 0 Å². The van der Waals surface area contributed by atoms with E-state index in [1.807, 2.05) is 0 Å². The zero-order chi connectivity index (χ0) is 13.8. The predicted octanol–water partition coefficient (Wildman–Crippen LogP) is 1.59. The molecule has 2 aromatic rings. The fourth-order valence-corrected chi connectivity index (χ4v) is 1.69. The van der Waals surface area contributed by atoms with E-state index in [-0.39, 0.29) is 5.75 Å². The first-order valence-electron chi connectivity index (χ1n) is 5.63. The van der Waals surface area contributed by atoms with Gasteiger partial charge in [-0.05, 0) is 18.2 Å². The number of nitrogens with zero attached hydrogens (tertiary/aromatic N) is 2. The third-order valence-electron chi connectivity index (χ3n) is 2.53. The number of phenols is 1. The Kier molecular flexibility index (Phi) is 3.82. The Hall–Kier alpha value is -2.34. The van der Waals surface area contributed by atoms with Gasteiger partial charge in [-0.2, -0.15) is 0 Å². The quantitative estimate of drug-likeness (QED) is 0.868. The van der Waals surface area contributed by atoms with Gasteiger partial charge in [0.05, 0.1) is 19.4 Å². The van der Waals surface area contributed by atoms with Gasteiger partial charge in [-0.1, -0.05) is 0 Å². The molecule has 0 atom stereocenters. The van der Waals surface area contributed by atoms with E-state index in [0.29, 0.717) is 35.3 Å². The molecule has 0 radical (unpaired) electrons. The molecule has 6 heteroatoms. The van der Waals surface area contributed by atoms with E-state index in [2.05, 4.69) is 9.97 Å². The third kappa shape index (κ3) is 2.92. The molecule has 6 nitrogen and oxygen atoms in total. The van der Waals surface area contributed by atoms with Crippen molar-refractivity contribution in [3.8, 4) is 22.9 Å². The van der Waals surface area contributed by atoms with Crippen LogP contribution in [-0.2, 0) is 11.3 Å². The lowest BCUT2D eigenvalue weighted by molar-refractivity contribution is 0.181. The Morgan fingerprint density at radius 1 is 1.21 bits per heavy atom. The van der Waals surface area contributed by atoms with Gasteiger partial charge in [0.2, 0.25) is 0 Å². The van der Waals surface area contributed by atoms with Crippen molar-refractivity contribution in [2.45, 2.75) is 6.61 Å². The Morgan fingerprint density at radius 3 is 2.68 bits per heavy atom. The standard InChI is InChI=1S/C13H15N3O3/c1-18-7-9-6-12(14)16-13(15-9)8-3-4-10(17)11(5-8)19-2/h3-6,17H,7H2,1-2H3,(H2,14,15,16). The molecule has 1 aromatic carbocycles. The molecule has 1 heterocycles. The fraction of sp³-hybridized carbons (Fsp3) is 0.231. The third-order valence-corrected chi connectivity index (χ3v) is 2.53. The highest BCUT2D eigenvalue weighted by atomic mass is 16.5. The summed E-state index contributed by atoms with van der Waals surface area (Å²) >= 11 is 0. The van der Waals surface area contributed by atoms with Gasteiger partial charge in [0, 0.05) is 18.7 Å². The van der Waals surface area contributed by atoms with Gasteiger partial charge in [-0.25, -0.2) is 9.97 Å². The lowest BCUT2D eigenvalue weighted by Gasteiger charge is -2.08. The molecule has 0 amide bonds. The number of aromatic nitrogens is 2. The first-order valence-corrected chi connectivity index (χ1v) is 5.63. The van der Waals surface area contributed by atoms with E-state index < -0.39 is 0 Å². The largest absolute Gasteiger partial charge is 0.504 e. The number of hydrogen-bond donors (Lipinski definition) is 2. The van der Waals surface area contributed by atoms with Crippen LogP contribution >= 0.6 is 0 Å². The average Bonchev–Trinajstić information content (AvgIpc) is 2.39. The SMILES string of the molecule is COCc1cc(N)nc(-c2ccc(O)c(OC)c2)n1. The van der Waals surface area contributed by atoms with E-state index in [4.69, 9.17) is 15.2 Å². The molecule has 0 aliphatic heterocycles. The number of ether oxygens (including phenoxy) is 2. The van der Waals surface area contributed by atoms with E-state index in [1.165, 1.54) is 13.2 Å². The second kappa shape index (κ2) is 5.53.